The third kappa shape index (κ3) is 3.54. The molecule has 0 aliphatic carbocycles. The Balaban J connectivity index is 2.03. The number of hydrogen-bond acceptors (Lipinski definition) is 6. The number of halogens is 1. The first kappa shape index (κ1) is 15.4. The number of aliphatic hydroxyl groups excluding tert-OH is 2. The number of hydrogen-bond donors (Lipinski definition) is 3. The van der Waals surface area contributed by atoms with E-state index >= 15 is 0 Å². The fourth-order valence-electron chi connectivity index (χ4n) is 1.57. The molecule has 20 heavy (non-hydrogen) atoms. The summed E-state index contributed by atoms with van der Waals surface area (Å²) in [6.07, 6.45) is -5.97. The predicted molar refractivity (Wildman–Crippen MR) is 62.9 cm³/mol. The van der Waals surface area contributed by atoms with Crippen molar-refractivity contribution in [1.29, 1.82) is 0 Å². The molecular weight excluding hydrogens is 294 g/mol. The first-order valence-electron chi connectivity index (χ1n) is 5.52. The van der Waals surface area contributed by atoms with Gasteiger partial charge in [0.1, 0.15) is 23.8 Å². The summed E-state index contributed by atoms with van der Waals surface area (Å²) in [7, 11) is -4.69. The highest BCUT2D eigenvalue weighted by molar-refractivity contribution is 7.47. The van der Waals surface area contributed by atoms with Gasteiger partial charge in [-0.2, -0.15) is 0 Å². The van der Waals surface area contributed by atoms with Crippen molar-refractivity contribution in [1.82, 2.24) is 0 Å². The Bertz CT molecular complexity index is 525. The van der Waals surface area contributed by atoms with Crippen LogP contribution in [0.1, 0.15) is 0 Å². The van der Waals surface area contributed by atoms with Crippen LogP contribution in [0.3, 0.4) is 0 Å². The van der Waals surface area contributed by atoms with Crippen molar-refractivity contribution in [2.45, 2.75) is 24.6 Å². The Morgan fingerprint density at radius 1 is 1.35 bits per heavy atom. The highest BCUT2D eigenvalue weighted by Crippen LogP contribution is 2.47. The van der Waals surface area contributed by atoms with Crippen LogP contribution in [0.25, 0.3) is 0 Å². The van der Waals surface area contributed by atoms with Crippen molar-refractivity contribution in [3.63, 3.8) is 0 Å². The van der Waals surface area contributed by atoms with Gasteiger partial charge < -0.3 is 19.5 Å². The van der Waals surface area contributed by atoms with Crippen molar-refractivity contribution >= 4 is 7.82 Å². The van der Waals surface area contributed by atoms with E-state index in [1.54, 1.807) is 0 Å². The highest BCUT2D eigenvalue weighted by Gasteiger charge is 2.45. The standard InChI is InChI=1S/C11H12FO7P/c1-6-9(13)10(14)11(17-6)19-20(15,16)18-8-4-2-3-7(12)5-8/h1-6,9-11,13-14H,(H,15,16)/t6-,9?,10+,11+/m0/s1. The summed E-state index contributed by atoms with van der Waals surface area (Å²) >= 11 is 0. The summed E-state index contributed by atoms with van der Waals surface area (Å²) in [6, 6.07) is 4.50. The van der Waals surface area contributed by atoms with Crippen molar-refractivity contribution in [3.05, 3.63) is 37.0 Å². The summed E-state index contributed by atoms with van der Waals surface area (Å²) in [5, 5.41) is 18.8. The van der Waals surface area contributed by atoms with Gasteiger partial charge in [0.25, 0.3) is 0 Å². The maximum absolute atomic E-state index is 12.9. The number of phosphoric acid groups is 1. The first-order valence-corrected chi connectivity index (χ1v) is 7.01. The maximum Gasteiger partial charge on any atom is 0.529 e. The minimum Gasteiger partial charge on any atom is -0.404 e. The molecule has 0 saturated carbocycles. The third-order valence-electron chi connectivity index (χ3n) is 2.51. The van der Waals surface area contributed by atoms with Crippen LogP contribution in [0.5, 0.6) is 5.75 Å². The molecule has 3 N–H and O–H groups in total. The molecule has 1 heterocycles. The topological polar surface area (TPSA) is 105 Å². The number of rotatable bonds is 4. The van der Waals surface area contributed by atoms with Gasteiger partial charge in [-0.05, 0) is 19.1 Å². The maximum atomic E-state index is 12.9. The molecule has 1 saturated heterocycles. The van der Waals surface area contributed by atoms with Crippen molar-refractivity contribution in [2.24, 2.45) is 0 Å². The fourth-order valence-corrected chi connectivity index (χ4v) is 2.43. The summed E-state index contributed by atoms with van der Waals surface area (Å²) in [5.74, 6) is -0.912. The molecule has 1 aromatic rings. The SMILES string of the molecule is [CH][C@@H]1O[C@H](OP(=O)(O)Oc2cccc(F)c2)[C@H](O)C1O. The molecule has 2 radical (unpaired) electrons. The smallest absolute Gasteiger partial charge is 0.404 e. The lowest BCUT2D eigenvalue weighted by molar-refractivity contribution is -0.112. The number of aliphatic hydroxyl groups is 2. The van der Waals surface area contributed by atoms with E-state index in [9.17, 15) is 24.1 Å². The number of benzene rings is 1. The molecule has 1 aliphatic rings. The van der Waals surface area contributed by atoms with Gasteiger partial charge in [0.15, 0.2) is 6.29 Å². The van der Waals surface area contributed by atoms with Gasteiger partial charge in [-0.25, -0.2) is 13.5 Å². The van der Waals surface area contributed by atoms with Gasteiger partial charge in [-0.15, -0.1) is 0 Å². The van der Waals surface area contributed by atoms with E-state index in [-0.39, 0.29) is 5.75 Å². The Hall–Kier alpha value is -1.02. The second-order valence-corrected chi connectivity index (χ2v) is 5.40. The molecule has 110 valence electrons. The van der Waals surface area contributed by atoms with Gasteiger partial charge >= 0.3 is 7.82 Å². The van der Waals surface area contributed by atoms with Crippen molar-refractivity contribution in [3.8, 4) is 5.75 Å². The van der Waals surface area contributed by atoms with E-state index in [0.29, 0.717) is 0 Å². The molecule has 1 aromatic carbocycles. The van der Waals surface area contributed by atoms with Crippen LogP contribution in [-0.4, -0.2) is 39.7 Å². The molecule has 0 amide bonds. The normalized spacial score (nSPS) is 32.9. The zero-order valence-electron chi connectivity index (χ0n) is 10.00. The van der Waals surface area contributed by atoms with E-state index in [4.69, 9.17) is 11.7 Å². The largest absolute Gasteiger partial charge is 0.529 e. The van der Waals surface area contributed by atoms with Crippen LogP contribution in [0.2, 0.25) is 0 Å². The quantitative estimate of drug-likeness (QED) is 0.695. The summed E-state index contributed by atoms with van der Waals surface area (Å²) in [4.78, 5) is 9.48. The molecular formula is C11H12FO7P. The monoisotopic (exact) mass is 306 g/mol. The molecule has 2 unspecified atom stereocenters. The van der Waals surface area contributed by atoms with Crippen LogP contribution in [0.15, 0.2) is 24.3 Å². The molecule has 5 atom stereocenters. The van der Waals surface area contributed by atoms with Crippen LogP contribution in [0, 0.1) is 12.7 Å². The molecule has 9 heteroatoms. The van der Waals surface area contributed by atoms with Crippen molar-refractivity contribution < 1.29 is 37.8 Å². The first-order chi connectivity index (χ1) is 9.28. The lowest BCUT2D eigenvalue weighted by Gasteiger charge is -2.19. The fraction of sp³-hybridized carbons (Fsp3) is 0.364. The molecule has 0 spiro atoms. The number of ether oxygens (including phenoxy) is 1. The third-order valence-corrected chi connectivity index (χ3v) is 3.43. The zero-order valence-corrected chi connectivity index (χ0v) is 10.9. The minimum absolute atomic E-state index is 0.242. The van der Waals surface area contributed by atoms with Gasteiger partial charge in [0, 0.05) is 6.07 Å². The molecule has 0 aromatic heterocycles. The average Bonchev–Trinajstić information content (AvgIpc) is 2.56. The Kier molecular flexibility index (Phi) is 4.43. The average molecular weight is 306 g/mol. The molecule has 7 nitrogen and oxygen atoms in total. The summed E-state index contributed by atoms with van der Waals surface area (Å²) in [5.41, 5.74) is 0. The Morgan fingerprint density at radius 2 is 2.05 bits per heavy atom. The minimum atomic E-state index is -4.69. The van der Waals surface area contributed by atoms with E-state index in [0.717, 1.165) is 12.1 Å². The number of phosphoric ester groups is 1. The molecule has 1 fully saturated rings. The zero-order chi connectivity index (χ0) is 14.9. The van der Waals surface area contributed by atoms with Crippen LogP contribution in [-0.2, 0) is 13.8 Å². The van der Waals surface area contributed by atoms with E-state index in [2.05, 4.69) is 9.05 Å². The van der Waals surface area contributed by atoms with Crippen LogP contribution >= 0.6 is 7.82 Å². The summed E-state index contributed by atoms with van der Waals surface area (Å²) in [6.45, 7) is 5.28. The molecule has 2 rings (SSSR count). The predicted octanol–water partition coefficient (Wildman–Crippen LogP) is 0.479. The van der Waals surface area contributed by atoms with Crippen molar-refractivity contribution in [2.75, 3.05) is 0 Å². The van der Waals surface area contributed by atoms with Gasteiger partial charge in [-0.1, -0.05) is 6.07 Å². The van der Waals surface area contributed by atoms with E-state index < -0.39 is 38.2 Å². The molecule has 0 bridgehead atoms. The van der Waals surface area contributed by atoms with Gasteiger partial charge in [-0.3, -0.25) is 4.89 Å². The Morgan fingerprint density at radius 3 is 2.60 bits per heavy atom. The lowest BCUT2D eigenvalue weighted by Crippen LogP contribution is -2.32. The Labute approximate surface area is 114 Å². The van der Waals surface area contributed by atoms with Gasteiger partial charge in [0.2, 0.25) is 0 Å². The lowest BCUT2D eigenvalue weighted by atomic mass is 10.2. The van der Waals surface area contributed by atoms with Gasteiger partial charge in [0.05, 0.1) is 6.10 Å². The van der Waals surface area contributed by atoms with Crippen LogP contribution < -0.4 is 4.52 Å². The van der Waals surface area contributed by atoms with Crippen LogP contribution in [0.4, 0.5) is 4.39 Å². The second-order valence-electron chi connectivity index (χ2n) is 4.07. The second kappa shape index (κ2) is 5.77. The van der Waals surface area contributed by atoms with E-state index in [1.807, 2.05) is 0 Å². The highest BCUT2D eigenvalue weighted by atomic mass is 31.2. The molecule has 1 aliphatic heterocycles. The van der Waals surface area contributed by atoms with E-state index in [1.165, 1.54) is 12.1 Å². The summed E-state index contributed by atoms with van der Waals surface area (Å²) < 4.78 is 38.5.